The minimum absolute atomic E-state index is 0.201. The fraction of sp³-hybridized carbons (Fsp3) is 0.719. The number of anilines is 1. The van der Waals surface area contributed by atoms with Crippen molar-refractivity contribution in [1.29, 1.82) is 0 Å². The van der Waals surface area contributed by atoms with Crippen molar-refractivity contribution < 1.29 is 38.4 Å². The Morgan fingerprint density at radius 2 is 1.96 bits per heavy atom. The van der Waals surface area contributed by atoms with E-state index in [4.69, 9.17) is 24.7 Å². The number of nitrogens with zero attached hydrogens (tertiary/aromatic N) is 3. The van der Waals surface area contributed by atoms with Gasteiger partial charge in [0, 0.05) is 13.0 Å². The lowest BCUT2D eigenvalue weighted by Gasteiger charge is -2.28. The molecule has 1 aliphatic heterocycles. The fourth-order valence-corrected chi connectivity index (χ4v) is 5.82. The number of rotatable bonds is 14. The highest BCUT2D eigenvalue weighted by atomic mass is 16.6. The third-order valence-corrected chi connectivity index (χ3v) is 8.92. The number of aliphatic hydroxyl groups excluding tert-OH is 1. The second kappa shape index (κ2) is 14.5. The van der Waals surface area contributed by atoms with Crippen LogP contribution in [-0.4, -0.2) is 80.7 Å². The minimum atomic E-state index is -1.46. The van der Waals surface area contributed by atoms with Crippen LogP contribution in [0.3, 0.4) is 0 Å². The first-order valence-electron chi connectivity index (χ1n) is 16.0. The van der Waals surface area contributed by atoms with Gasteiger partial charge in [0.1, 0.15) is 47.9 Å². The molecule has 0 unspecified atom stereocenters. The number of esters is 2. The summed E-state index contributed by atoms with van der Waals surface area (Å²) in [5.74, 6) is -1.09. The molecule has 2 aromatic heterocycles. The molecule has 4 rings (SSSR count). The van der Waals surface area contributed by atoms with E-state index in [1.807, 2.05) is 6.92 Å². The van der Waals surface area contributed by atoms with E-state index in [9.17, 15) is 19.5 Å². The highest BCUT2D eigenvalue weighted by Crippen LogP contribution is 2.42. The van der Waals surface area contributed by atoms with Crippen LogP contribution in [0.15, 0.2) is 18.5 Å². The quantitative estimate of drug-likeness (QED) is 0.206. The normalized spacial score (nSPS) is 24.7. The van der Waals surface area contributed by atoms with E-state index in [1.165, 1.54) is 10.8 Å². The molecule has 2 aliphatic rings. The van der Waals surface area contributed by atoms with Gasteiger partial charge in [0.05, 0.1) is 5.69 Å². The number of hydrogen-bond acceptors (Lipinski definition) is 11. The van der Waals surface area contributed by atoms with Gasteiger partial charge in [0.25, 0.3) is 5.91 Å². The minimum Gasteiger partial charge on any atom is -0.463 e. The number of ether oxygens (including phenoxy) is 4. The number of amides is 1. The Hall–Kier alpha value is -3.13. The third-order valence-electron chi connectivity index (χ3n) is 8.92. The van der Waals surface area contributed by atoms with E-state index in [0.29, 0.717) is 30.2 Å². The van der Waals surface area contributed by atoms with Crippen LogP contribution in [0, 0.1) is 11.8 Å². The Labute approximate surface area is 264 Å². The smallest absolute Gasteiger partial charge is 0.323 e. The first-order valence-corrected chi connectivity index (χ1v) is 16.0. The molecule has 1 amide bonds. The molecule has 2 fully saturated rings. The van der Waals surface area contributed by atoms with Crippen LogP contribution in [0.2, 0.25) is 0 Å². The molecule has 3 heterocycles. The largest absolute Gasteiger partial charge is 0.463 e. The Kier molecular flexibility index (Phi) is 11.2. The van der Waals surface area contributed by atoms with Crippen molar-refractivity contribution in [2.24, 2.45) is 17.6 Å². The Balaban J connectivity index is 1.58. The topological polar surface area (TPSA) is 177 Å². The number of unbranched alkanes of at least 4 members (excludes halogenated alkanes) is 1. The number of nitrogens with one attached hydrogen (secondary N) is 1. The summed E-state index contributed by atoms with van der Waals surface area (Å²) < 4.78 is 25.0. The van der Waals surface area contributed by atoms with Gasteiger partial charge in [-0.15, -0.1) is 0 Å². The fourth-order valence-electron chi connectivity index (χ4n) is 5.82. The Morgan fingerprint density at radius 3 is 2.62 bits per heavy atom. The van der Waals surface area contributed by atoms with E-state index in [1.54, 1.807) is 46.8 Å². The molecular weight excluding hydrogens is 582 g/mol. The predicted molar refractivity (Wildman–Crippen MR) is 165 cm³/mol. The summed E-state index contributed by atoms with van der Waals surface area (Å²) in [5.41, 5.74) is 4.36. The van der Waals surface area contributed by atoms with Gasteiger partial charge in [0.15, 0.2) is 11.9 Å². The summed E-state index contributed by atoms with van der Waals surface area (Å²) in [6.07, 6.45) is 4.02. The van der Waals surface area contributed by atoms with Crippen LogP contribution < -0.4 is 11.1 Å². The van der Waals surface area contributed by atoms with Gasteiger partial charge in [-0.2, -0.15) is 5.10 Å². The lowest BCUT2D eigenvalue weighted by molar-refractivity contribution is -0.162. The molecule has 0 spiro atoms. The summed E-state index contributed by atoms with van der Waals surface area (Å²) >= 11 is 0. The molecule has 1 saturated carbocycles. The molecule has 45 heavy (non-hydrogen) atoms. The summed E-state index contributed by atoms with van der Waals surface area (Å²) in [7, 11) is 0. The average molecular weight is 632 g/mol. The SMILES string of the molecule is CCCCOC(C)(C)C(=O)Nc1ncnn2c([C@]3(C)O[C@H](COC(=O)CC4CCCC4)[C@@H](OC(=O)[C@@H](N)C(C)C)[C@H]3O)ccc12. The van der Waals surface area contributed by atoms with E-state index < -0.39 is 41.5 Å². The second-order valence-electron chi connectivity index (χ2n) is 13.2. The standard InChI is InChI=1S/C32H49N5O8/c1-7-8-15-43-31(4,5)30(41)36-28-21-13-14-23(37(21)35-18-34-28)32(6)27(39)26(44-29(40)25(33)19(2)3)22(45-32)17-42-24(38)16-20-11-9-10-12-20/h13-14,18-20,22,25-27,39H,7-12,15-17,33H2,1-6H3,(H,34,35,36,41)/t22-,25+,26-,27-,32+/m1/s1. The molecule has 0 radical (unpaired) electrons. The summed E-state index contributed by atoms with van der Waals surface area (Å²) in [4.78, 5) is 43.0. The van der Waals surface area contributed by atoms with Gasteiger partial charge >= 0.3 is 11.9 Å². The van der Waals surface area contributed by atoms with E-state index >= 15 is 0 Å². The maximum absolute atomic E-state index is 13.1. The van der Waals surface area contributed by atoms with Crippen LogP contribution in [0.4, 0.5) is 5.82 Å². The molecule has 5 atom stereocenters. The first kappa shape index (κ1) is 34.7. The molecule has 0 bridgehead atoms. The summed E-state index contributed by atoms with van der Waals surface area (Å²) in [6, 6.07) is 2.47. The van der Waals surface area contributed by atoms with Crippen molar-refractivity contribution >= 4 is 29.2 Å². The van der Waals surface area contributed by atoms with Gasteiger partial charge in [0.2, 0.25) is 0 Å². The number of carbonyl (C=O) groups excluding carboxylic acids is 3. The lowest BCUT2D eigenvalue weighted by atomic mass is 9.93. The maximum Gasteiger partial charge on any atom is 0.323 e. The van der Waals surface area contributed by atoms with Crippen LogP contribution in [-0.2, 0) is 38.9 Å². The maximum atomic E-state index is 13.1. The molecule has 250 valence electrons. The van der Waals surface area contributed by atoms with Gasteiger partial charge in [-0.25, -0.2) is 9.50 Å². The predicted octanol–water partition coefficient (Wildman–Crippen LogP) is 3.26. The zero-order valence-corrected chi connectivity index (χ0v) is 27.3. The van der Waals surface area contributed by atoms with Crippen molar-refractivity contribution in [3.05, 3.63) is 24.2 Å². The molecule has 1 aliphatic carbocycles. The molecule has 4 N–H and O–H groups in total. The number of aromatic nitrogens is 3. The summed E-state index contributed by atoms with van der Waals surface area (Å²) in [5, 5.41) is 18.9. The van der Waals surface area contributed by atoms with Gasteiger partial charge in [-0.3, -0.25) is 14.4 Å². The highest BCUT2D eigenvalue weighted by molar-refractivity contribution is 5.98. The molecule has 0 aromatic carbocycles. The lowest BCUT2D eigenvalue weighted by Crippen LogP contribution is -2.46. The van der Waals surface area contributed by atoms with E-state index in [0.717, 1.165) is 38.5 Å². The zero-order chi connectivity index (χ0) is 32.9. The van der Waals surface area contributed by atoms with Crippen LogP contribution in [0.1, 0.15) is 92.2 Å². The van der Waals surface area contributed by atoms with Crippen molar-refractivity contribution in [1.82, 2.24) is 14.6 Å². The van der Waals surface area contributed by atoms with Crippen molar-refractivity contribution in [3.63, 3.8) is 0 Å². The number of aliphatic hydroxyl groups is 1. The average Bonchev–Trinajstić information content (AvgIpc) is 3.72. The molecule has 13 nitrogen and oxygen atoms in total. The number of hydrogen-bond donors (Lipinski definition) is 3. The molecular formula is C32H49N5O8. The monoisotopic (exact) mass is 631 g/mol. The summed E-state index contributed by atoms with van der Waals surface area (Å²) in [6.45, 7) is 10.9. The van der Waals surface area contributed by atoms with Crippen molar-refractivity contribution in [3.8, 4) is 0 Å². The zero-order valence-electron chi connectivity index (χ0n) is 27.3. The highest BCUT2D eigenvalue weighted by Gasteiger charge is 2.56. The van der Waals surface area contributed by atoms with Gasteiger partial charge < -0.3 is 35.1 Å². The first-order chi connectivity index (χ1) is 21.3. The third kappa shape index (κ3) is 7.82. The van der Waals surface area contributed by atoms with E-state index in [-0.39, 0.29) is 30.2 Å². The van der Waals surface area contributed by atoms with Crippen molar-refractivity contribution in [2.45, 2.75) is 122 Å². The number of carbonyl (C=O) groups is 3. The van der Waals surface area contributed by atoms with Crippen LogP contribution >= 0.6 is 0 Å². The number of nitrogens with two attached hydrogens (primary N) is 1. The van der Waals surface area contributed by atoms with Crippen LogP contribution in [0.5, 0.6) is 0 Å². The Morgan fingerprint density at radius 1 is 1.24 bits per heavy atom. The second-order valence-corrected chi connectivity index (χ2v) is 13.2. The molecule has 13 heteroatoms. The molecule has 2 aromatic rings. The van der Waals surface area contributed by atoms with Gasteiger partial charge in [-0.1, -0.05) is 40.0 Å². The number of fused-ring (bicyclic) bond motifs is 1. The Bertz CT molecular complexity index is 1340. The van der Waals surface area contributed by atoms with Gasteiger partial charge in [-0.05, 0) is 64.0 Å². The van der Waals surface area contributed by atoms with E-state index in [2.05, 4.69) is 15.4 Å². The molecule has 1 saturated heterocycles. The van der Waals surface area contributed by atoms with Crippen LogP contribution in [0.25, 0.3) is 5.52 Å². The van der Waals surface area contributed by atoms with Crippen molar-refractivity contribution in [2.75, 3.05) is 18.5 Å².